The molecule has 20 heavy (non-hydrogen) atoms. The molecule has 1 rings (SSSR count). The van der Waals surface area contributed by atoms with Crippen LogP contribution >= 0.6 is 0 Å². The van der Waals surface area contributed by atoms with E-state index in [1.807, 2.05) is 32.0 Å². The highest BCUT2D eigenvalue weighted by atomic mass is 16.5. The first kappa shape index (κ1) is 16.5. The van der Waals surface area contributed by atoms with Crippen molar-refractivity contribution in [1.29, 1.82) is 0 Å². The minimum atomic E-state index is -0.0262. The second-order valence-corrected chi connectivity index (χ2v) is 4.81. The number of anilines is 2. The summed E-state index contributed by atoms with van der Waals surface area (Å²) in [7, 11) is 1.64. The summed E-state index contributed by atoms with van der Waals surface area (Å²) in [6.07, 6.45) is 1.16. The molecule has 0 saturated carbocycles. The molecule has 0 fully saturated rings. The summed E-state index contributed by atoms with van der Waals surface area (Å²) in [4.78, 5) is 11.8. The van der Waals surface area contributed by atoms with Crippen molar-refractivity contribution >= 4 is 17.3 Å². The number of benzene rings is 1. The van der Waals surface area contributed by atoms with Gasteiger partial charge < -0.3 is 20.5 Å². The Balaban J connectivity index is 2.29. The van der Waals surface area contributed by atoms with Crippen LogP contribution in [-0.2, 0) is 14.3 Å². The average Bonchev–Trinajstić information content (AvgIpc) is 2.40. The lowest BCUT2D eigenvalue weighted by Gasteiger charge is -2.12. The van der Waals surface area contributed by atoms with Crippen molar-refractivity contribution in [3.05, 3.63) is 23.8 Å². The van der Waals surface area contributed by atoms with Gasteiger partial charge in [0.2, 0.25) is 5.91 Å². The Morgan fingerprint density at radius 1 is 1.45 bits per heavy atom. The van der Waals surface area contributed by atoms with Crippen molar-refractivity contribution in [3.8, 4) is 0 Å². The molecule has 1 atom stereocenters. The van der Waals surface area contributed by atoms with Crippen molar-refractivity contribution in [3.63, 3.8) is 0 Å². The van der Waals surface area contributed by atoms with Crippen molar-refractivity contribution in [2.45, 2.75) is 32.8 Å². The van der Waals surface area contributed by atoms with E-state index >= 15 is 0 Å². The van der Waals surface area contributed by atoms with E-state index in [4.69, 9.17) is 15.2 Å². The molecule has 5 nitrogen and oxygen atoms in total. The molecular weight excluding hydrogens is 256 g/mol. The smallest absolute Gasteiger partial charge is 0.224 e. The number of carbonyl (C=O) groups is 1. The first-order valence-corrected chi connectivity index (χ1v) is 6.80. The lowest BCUT2D eigenvalue weighted by Crippen LogP contribution is -2.17. The normalized spacial score (nSPS) is 12.2. The molecule has 0 aliphatic carbocycles. The Morgan fingerprint density at radius 3 is 2.90 bits per heavy atom. The Morgan fingerprint density at radius 2 is 2.20 bits per heavy atom. The molecule has 0 aliphatic heterocycles. The Labute approximate surface area is 120 Å². The molecule has 1 unspecified atom stereocenters. The largest absolute Gasteiger partial charge is 0.398 e. The zero-order chi connectivity index (χ0) is 15.0. The fourth-order valence-electron chi connectivity index (χ4n) is 1.80. The number of nitrogens with two attached hydrogens (primary N) is 1. The van der Waals surface area contributed by atoms with Crippen LogP contribution in [0.3, 0.4) is 0 Å². The number of methoxy groups -OCH3 is 1. The van der Waals surface area contributed by atoms with E-state index < -0.39 is 0 Å². The van der Waals surface area contributed by atoms with Crippen LogP contribution in [0.1, 0.15) is 25.3 Å². The molecule has 1 aromatic carbocycles. The summed E-state index contributed by atoms with van der Waals surface area (Å²) < 4.78 is 10.5. The molecule has 0 heterocycles. The van der Waals surface area contributed by atoms with Gasteiger partial charge in [-0.25, -0.2) is 0 Å². The van der Waals surface area contributed by atoms with E-state index in [-0.39, 0.29) is 12.0 Å². The third-order valence-corrected chi connectivity index (χ3v) is 3.00. The quantitative estimate of drug-likeness (QED) is 0.566. The molecule has 5 heteroatoms. The summed E-state index contributed by atoms with van der Waals surface area (Å²) in [6.45, 7) is 4.95. The molecule has 0 radical (unpaired) electrons. The van der Waals surface area contributed by atoms with Gasteiger partial charge in [0.25, 0.3) is 0 Å². The lowest BCUT2D eigenvalue weighted by molar-refractivity contribution is -0.116. The molecule has 112 valence electrons. The second kappa shape index (κ2) is 8.55. The molecule has 0 aliphatic rings. The van der Waals surface area contributed by atoms with E-state index in [0.717, 1.165) is 11.3 Å². The predicted octanol–water partition coefficient (Wildman–Crippen LogP) is 2.35. The number of ether oxygens (including phenoxy) is 2. The molecule has 1 amide bonds. The molecular formula is C15H24N2O3. The lowest BCUT2D eigenvalue weighted by atomic mass is 10.1. The maximum Gasteiger partial charge on any atom is 0.224 e. The fraction of sp³-hybridized carbons (Fsp3) is 0.533. The van der Waals surface area contributed by atoms with Crippen LogP contribution in [0.4, 0.5) is 11.4 Å². The predicted molar refractivity (Wildman–Crippen MR) is 80.7 cm³/mol. The first-order valence-electron chi connectivity index (χ1n) is 6.80. The maximum atomic E-state index is 11.8. The minimum Gasteiger partial charge on any atom is -0.398 e. The molecule has 0 spiro atoms. The standard InChI is InChI=1S/C15H24N2O3/c1-11(10-19-3)20-9-5-8-15(18)17-14-7-4-6-13(16)12(14)2/h4,6-7,11H,5,8-10,16H2,1-3H3,(H,17,18). The molecule has 0 bridgehead atoms. The molecule has 0 saturated heterocycles. The van der Waals surface area contributed by atoms with Crippen LogP contribution in [0.5, 0.6) is 0 Å². The van der Waals surface area contributed by atoms with Gasteiger partial charge in [0.05, 0.1) is 12.7 Å². The monoisotopic (exact) mass is 280 g/mol. The number of amides is 1. The maximum absolute atomic E-state index is 11.8. The van der Waals surface area contributed by atoms with E-state index in [9.17, 15) is 4.79 Å². The molecule has 0 aromatic heterocycles. The number of nitrogens with one attached hydrogen (secondary N) is 1. The van der Waals surface area contributed by atoms with E-state index in [1.54, 1.807) is 7.11 Å². The highest BCUT2D eigenvalue weighted by Crippen LogP contribution is 2.20. The van der Waals surface area contributed by atoms with Crippen molar-refractivity contribution in [1.82, 2.24) is 0 Å². The van der Waals surface area contributed by atoms with E-state index in [0.29, 0.717) is 31.7 Å². The fourth-order valence-corrected chi connectivity index (χ4v) is 1.80. The first-order chi connectivity index (χ1) is 9.54. The summed E-state index contributed by atoms with van der Waals surface area (Å²) in [6, 6.07) is 5.49. The Hall–Kier alpha value is -1.59. The summed E-state index contributed by atoms with van der Waals surface area (Å²) in [5, 5.41) is 2.87. The van der Waals surface area contributed by atoms with Gasteiger partial charge in [-0.05, 0) is 38.0 Å². The highest BCUT2D eigenvalue weighted by molar-refractivity contribution is 5.92. The van der Waals surface area contributed by atoms with Crippen LogP contribution < -0.4 is 11.1 Å². The molecule has 3 N–H and O–H groups in total. The summed E-state index contributed by atoms with van der Waals surface area (Å²) in [5.74, 6) is -0.0262. The SMILES string of the molecule is COCC(C)OCCCC(=O)Nc1cccc(N)c1C. The number of hydrogen-bond donors (Lipinski definition) is 2. The zero-order valence-corrected chi connectivity index (χ0v) is 12.4. The third kappa shape index (κ3) is 5.59. The van der Waals surface area contributed by atoms with Gasteiger partial charge in [-0.15, -0.1) is 0 Å². The average molecular weight is 280 g/mol. The highest BCUT2D eigenvalue weighted by Gasteiger charge is 2.07. The summed E-state index contributed by atoms with van der Waals surface area (Å²) >= 11 is 0. The van der Waals surface area contributed by atoms with Crippen LogP contribution in [0, 0.1) is 6.92 Å². The molecule has 1 aromatic rings. The second-order valence-electron chi connectivity index (χ2n) is 4.81. The zero-order valence-electron chi connectivity index (χ0n) is 12.4. The van der Waals surface area contributed by atoms with Crippen molar-refractivity contribution < 1.29 is 14.3 Å². The topological polar surface area (TPSA) is 73.6 Å². The Kier molecular flexibility index (Phi) is 7.04. The van der Waals surface area contributed by atoms with E-state index in [2.05, 4.69) is 5.32 Å². The van der Waals surface area contributed by atoms with Crippen LogP contribution in [0.25, 0.3) is 0 Å². The number of carbonyl (C=O) groups excluding carboxylic acids is 1. The van der Waals surface area contributed by atoms with Gasteiger partial charge in [-0.2, -0.15) is 0 Å². The van der Waals surface area contributed by atoms with Crippen LogP contribution in [0.2, 0.25) is 0 Å². The third-order valence-electron chi connectivity index (χ3n) is 3.00. The van der Waals surface area contributed by atoms with Gasteiger partial charge in [-0.1, -0.05) is 6.07 Å². The Bertz CT molecular complexity index is 435. The van der Waals surface area contributed by atoms with Gasteiger partial charge >= 0.3 is 0 Å². The van der Waals surface area contributed by atoms with E-state index in [1.165, 1.54) is 0 Å². The van der Waals surface area contributed by atoms with Gasteiger partial charge in [0, 0.05) is 31.5 Å². The van der Waals surface area contributed by atoms with Gasteiger partial charge in [-0.3, -0.25) is 4.79 Å². The van der Waals surface area contributed by atoms with Crippen molar-refractivity contribution in [2.75, 3.05) is 31.4 Å². The van der Waals surface area contributed by atoms with Crippen molar-refractivity contribution in [2.24, 2.45) is 0 Å². The van der Waals surface area contributed by atoms with Crippen LogP contribution in [-0.4, -0.2) is 32.3 Å². The number of rotatable bonds is 8. The van der Waals surface area contributed by atoms with Crippen LogP contribution in [0.15, 0.2) is 18.2 Å². The number of hydrogen-bond acceptors (Lipinski definition) is 4. The minimum absolute atomic E-state index is 0.0262. The van der Waals surface area contributed by atoms with Gasteiger partial charge in [0.1, 0.15) is 0 Å². The number of nitrogen functional groups attached to an aromatic ring is 1. The van der Waals surface area contributed by atoms with Gasteiger partial charge in [0.15, 0.2) is 0 Å². The summed E-state index contributed by atoms with van der Waals surface area (Å²) in [5.41, 5.74) is 8.14.